The minimum absolute atomic E-state index is 0.714. The average Bonchev–Trinajstić information content (AvgIpc) is 2.15. The van der Waals surface area contributed by atoms with Gasteiger partial charge in [0.2, 0.25) is 0 Å². The van der Waals surface area contributed by atoms with Gasteiger partial charge < -0.3 is 10.6 Å². The fourth-order valence-corrected chi connectivity index (χ4v) is 1.95. The summed E-state index contributed by atoms with van der Waals surface area (Å²) < 4.78 is 0. The molecule has 0 bridgehead atoms. The second-order valence-electron chi connectivity index (χ2n) is 4.24. The third-order valence-corrected chi connectivity index (χ3v) is 3.00. The Hall–Kier alpha value is -0.0800. The van der Waals surface area contributed by atoms with Gasteiger partial charge in [-0.1, -0.05) is 20.3 Å². The maximum absolute atomic E-state index is 3.58. The highest BCUT2D eigenvalue weighted by Gasteiger charge is 2.19. The predicted octanol–water partition coefficient (Wildman–Crippen LogP) is 1.76. The lowest BCUT2D eigenvalue weighted by atomic mass is 9.93. The Morgan fingerprint density at radius 1 is 1.46 bits per heavy atom. The first kappa shape index (κ1) is 11.0. The van der Waals surface area contributed by atoms with Gasteiger partial charge in [-0.3, -0.25) is 0 Å². The average molecular weight is 184 g/mol. The molecule has 1 rings (SSSR count). The Kier molecular flexibility index (Phi) is 5.40. The van der Waals surface area contributed by atoms with Crippen LogP contribution >= 0.6 is 0 Å². The highest BCUT2D eigenvalue weighted by molar-refractivity contribution is 4.79. The third-order valence-electron chi connectivity index (χ3n) is 3.00. The van der Waals surface area contributed by atoms with E-state index in [1.165, 1.54) is 38.8 Å². The summed E-state index contributed by atoms with van der Waals surface area (Å²) in [5.74, 6) is 0.850. The maximum Gasteiger partial charge on any atom is 0.0218 e. The molecule has 13 heavy (non-hydrogen) atoms. The molecule has 0 aliphatic carbocycles. The topological polar surface area (TPSA) is 24.1 Å². The number of rotatable bonds is 5. The van der Waals surface area contributed by atoms with E-state index >= 15 is 0 Å². The molecule has 2 atom stereocenters. The second kappa shape index (κ2) is 6.39. The number of hydrogen-bond acceptors (Lipinski definition) is 2. The van der Waals surface area contributed by atoms with Gasteiger partial charge in [0.25, 0.3) is 0 Å². The Balaban J connectivity index is 2.05. The maximum atomic E-state index is 3.58. The van der Waals surface area contributed by atoms with E-state index in [0.717, 1.165) is 12.5 Å². The molecule has 0 radical (unpaired) electrons. The van der Waals surface area contributed by atoms with Crippen LogP contribution in [0.2, 0.25) is 0 Å². The highest BCUT2D eigenvalue weighted by Crippen LogP contribution is 2.14. The van der Waals surface area contributed by atoms with Crippen LogP contribution in [0.15, 0.2) is 0 Å². The van der Waals surface area contributed by atoms with E-state index in [0.29, 0.717) is 6.04 Å². The van der Waals surface area contributed by atoms with E-state index in [4.69, 9.17) is 0 Å². The van der Waals surface area contributed by atoms with E-state index in [2.05, 4.69) is 24.5 Å². The smallest absolute Gasteiger partial charge is 0.0218 e. The van der Waals surface area contributed by atoms with Crippen molar-refractivity contribution in [1.82, 2.24) is 10.6 Å². The predicted molar refractivity (Wildman–Crippen MR) is 58.0 cm³/mol. The summed E-state index contributed by atoms with van der Waals surface area (Å²) in [5.41, 5.74) is 0. The van der Waals surface area contributed by atoms with Crippen LogP contribution in [0.5, 0.6) is 0 Å². The van der Waals surface area contributed by atoms with Crippen molar-refractivity contribution in [3.63, 3.8) is 0 Å². The molecule has 2 nitrogen and oxygen atoms in total. The van der Waals surface area contributed by atoms with Gasteiger partial charge >= 0.3 is 0 Å². The summed E-state index contributed by atoms with van der Waals surface area (Å²) >= 11 is 0. The lowest BCUT2D eigenvalue weighted by molar-refractivity contribution is 0.290. The third kappa shape index (κ3) is 4.10. The van der Waals surface area contributed by atoms with Gasteiger partial charge in [-0.25, -0.2) is 0 Å². The summed E-state index contributed by atoms with van der Waals surface area (Å²) in [4.78, 5) is 0. The lowest BCUT2D eigenvalue weighted by Gasteiger charge is -2.30. The number of nitrogens with one attached hydrogen (secondary N) is 2. The van der Waals surface area contributed by atoms with Gasteiger partial charge in [0, 0.05) is 12.6 Å². The van der Waals surface area contributed by atoms with Crippen LogP contribution < -0.4 is 10.6 Å². The van der Waals surface area contributed by atoms with Crippen LogP contribution in [0.25, 0.3) is 0 Å². The highest BCUT2D eigenvalue weighted by atomic mass is 15.0. The molecule has 1 heterocycles. The quantitative estimate of drug-likeness (QED) is 0.636. The molecule has 0 aromatic carbocycles. The molecule has 0 saturated carbocycles. The van der Waals surface area contributed by atoms with Crippen LogP contribution in [0.4, 0.5) is 0 Å². The molecule has 1 aliphatic rings. The fraction of sp³-hybridized carbons (Fsp3) is 1.00. The Labute approximate surface area is 82.5 Å². The summed E-state index contributed by atoms with van der Waals surface area (Å²) in [6, 6.07) is 0.714. The molecule has 2 heteroatoms. The molecular formula is C11H24N2. The first-order valence-electron chi connectivity index (χ1n) is 5.78. The second-order valence-corrected chi connectivity index (χ2v) is 4.24. The Bertz CT molecular complexity index is 125. The normalized spacial score (nSPS) is 29.1. The molecule has 1 fully saturated rings. The van der Waals surface area contributed by atoms with E-state index in [1.54, 1.807) is 0 Å². The zero-order valence-electron chi connectivity index (χ0n) is 9.10. The van der Waals surface area contributed by atoms with Gasteiger partial charge in [0.1, 0.15) is 0 Å². The zero-order valence-corrected chi connectivity index (χ0v) is 9.10. The molecule has 0 aromatic rings. The van der Waals surface area contributed by atoms with E-state index in [-0.39, 0.29) is 0 Å². The summed E-state index contributed by atoms with van der Waals surface area (Å²) in [6.07, 6.45) is 5.35. The molecule has 0 spiro atoms. The minimum atomic E-state index is 0.714. The number of hydrogen-bond donors (Lipinski definition) is 2. The summed E-state index contributed by atoms with van der Waals surface area (Å²) in [5, 5.41) is 7.11. The lowest BCUT2D eigenvalue weighted by Crippen LogP contribution is -2.46. The van der Waals surface area contributed by atoms with Crippen molar-refractivity contribution in [2.24, 2.45) is 5.92 Å². The zero-order chi connectivity index (χ0) is 9.52. The molecule has 1 saturated heterocycles. The first-order valence-corrected chi connectivity index (χ1v) is 5.78. The number of unbranched alkanes of at least 4 members (excludes halogenated alkanes) is 1. The summed E-state index contributed by atoms with van der Waals surface area (Å²) in [6.45, 7) is 8.15. The SMILES string of the molecule is CCCCNCC1NCCCC1C. The van der Waals surface area contributed by atoms with Crippen LogP contribution in [0.3, 0.4) is 0 Å². The van der Waals surface area contributed by atoms with Crippen molar-refractivity contribution < 1.29 is 0 Å². The van der Waals surface area contributed by atoms with Crippen LogP contribution in [-0.2, 0) is 0 Å². The van der Waals surface area contributed by atoms with Gasteiger partial charge in [-0.15, -0.1) is 0 Å². The molecule has 78 valence electrons. The van der Waals surface area contributed by atoms with Gasteiger partial charge in [0.05, 0.1) is 0 Å². The van der Waals surface area contributed by atoms with Crippen LogP contribution in [-0.4, -0.2) is 25.7 Å². The largest absolute Gasteiger partial charge is 0.315 e. The molecule has 2 N–H and O–H groups in total. The standard InChI is InChI=1S/C11H24N2/c1-3-4-7-12-9-11-10(2)6-5-8-13-11/h10-13H,3-9H2,1-2H3. The van der Waals surface area contributed by atoms with Crippen molar-refractivity contribution in [1.29, 1.82) is 0 Å². The number of piperidine rings is 1. The molecule has 0 aromatic heterocycles. The molecular weight excluding hydrogens is 160 g/mol. The molecule has 1 aliphatic heterocycles. The van der Waals surface area contributed by atoms with Gasteiger partial charge in [-0.2, -0.15) is 0 Å². The minimum Gasteiger partial charge on any atom is -0.315 e. The Morgan fingerprint density at radius 3 is 3.00 bits per heavy atom. The molecule has 0 amide bonds. The van der Waals surface area contributed by atoms with Gasteiger partial charge in [0.15, 0.2) is 0 Å². The van der Waals surface area contributed by atoms with Crippen LogP contribution in [0, 0.1) is 5.92 Å². The monoisotopic (exact) mass is 184 g/mol. The van der Waals surface area contributed by atoms with E-state index < -0.39 is 0 Å². The fourth-order valence-electron chi connectivity index (χ4n) is 1.95. The van der Waals surface area contributed by atoms with Crippen molar-refractivity contribution in [3.8, 4) is 0 Å². The van der Waals surface area contributed by atoms with Crippen molar-refractivity contribution in [3.05, 3.63) is 0 Å². The van der Waals surface area contributed by atoms with Crippen molar-refractivity contribution in [2.45, 2.75) is 45.6 Å². The van der Waals surface area contributed by atoms with Crippen molar-refractivity contribution >= 4 is 0 Å². The van der Waals surface area contributed by atoms with Gasteiger partial charge in [-0.05, 0) is 38.3 Å². The molecule has 2 unspecified atom stereocenters. The van der Waals surface area contributed by atoms with E-state index in [9.17, 15) is 0 Å². The van der Waals surface area contributed by atoms with Crippen LogP contribution in [0.1, 0.15) is 39.5 Å². The Morgan fingerprint density at radius 2 is 2.31 bits per heavy atom. The van der Waals surface area contributed by atoms with E-state index in [1.807, 2.05) is 0 Å². The first-order chi connectivity index (χ1) is 6.34. The summed E-state index contributed by atoms with van der Waals surface area (Å²) in [7, 11) is 0. The van der Waals surface area contributed by atoms with Crippen molar-refractivity contribution in [2.75, 3.05) is 19.6 Å².